The molecule has 0 atom stereocenters. The lowest BCUT2D eigenvalue weighted by Crippen LogP contribution is -2.48. The third-order valence-corrected chi connectivity index (χ3v) is 4.30. The predicted molar refractivity (Wildman–Crippen MR) is 81.6 cm³/mol. The largest absolute Gasteiger partial charge is 0.355 e. The van der Waals surface area contributed by atoms with E-state index in [2.05, 4.69) is 15.1 Å². The van der Waals surface area contributed by atoms with Crippen LogP contribution in [0, 0.1) is 0 Å². The fourth-order valence-electron chi connectivity index (χ4n) is 2.92. The molecular formula is C15H21N5O2. The molecule has 0 saturated carbocycles. The van der Waals surface area contributed by atoms with Crippen molar-refractivity contribution in [1.82, 2.24) is 20.0 Å². The average Bonchev–Trinajstić information content (AvgIpc) is 2.62. The topological polar surface area (TPSA) is 69.6 Å². The molecule has 0 bridgehead atoms. The highest BCUT2D eigenvalue weighted by Crippen LogP contribution is 2.17. The molecule has 2 fully saturated rings. The van der Waals surface area contributed by atoms with Gasteiger partial charge in [-0.05, 0) is 31.4 Å². The molecule has 1 aromatic heterocycles. The zero-order valence-electron chi connectivity index (χ0n) is 12.6. The number of carbonyl (C=O) groups excluding carboxylic acids is 2. The molecule has 0 spiro atoms. The van der Waals surface area contributed by atoms with Crippen molar-refractivity contribution in [2.45, 2.75) is 19.3 Å². The number of nitrogens with zero attached hydrogens (tertiary/aromatic N) is 5. The fraction of sp³-hybridized carbons (Fsp3) is 0.600. The lowest BCUT2D eigenvalue weighted by atomic mass is 10.1. The highest BCUT2D eigenvalue weighted by molar-refractivity contribution is 5.92. The molecule has 0 radical (unpaired) electrons. The lowest BCUT2D eigenvalue weighted by Gasteiger charge is -2.32. The third kappa shape index (κ3) is 3.18. The summed E-state index contributed by atoms with van der Waals surface area (Å²) in [6.07, 6.45) is 4.47. The summed E-state index contributed by atoms with van der Waals surface area (Å²) in [6, 6.07) is 3.64. The van der Waals surface area contributed by atoms with Crippen molar-refractivity contribution in [2.75, 3.05) is 44.2 Å². The molecule has 0 aliphatic carbocycles. The van der Waals surface area contributed by atoms with Crippen LogP contribution in [-0.2, 0) is 4.79 Å². The highest BCUT2D eigenvalue weighted by atomic mass is 16.2. The Morgan fingerprint density at radius 3 is 2.27 bits per heavy atom. The van der Waals surface area contributed by atoms with Crippen LogP contribution in [0.4, 0.5) is 5.82 Å². The van der Waals surface area contributed by atoms with Crippen LogP contribution in [0.15, 0.2) is 12.1 Å². The number of rotatable bonds is 3. The summed E-state index contributed by atoms with van der Waals surface area (Å²) in [6.45, 7) is 4.27. The Balaban J connectivity index is 1.62. The van der Waals surface area contributed by atoms with E-state index in [4.69, 9.17) is 0 Å². The van der Waals surface area contributed by atoms with E-state index in [9.17, 15) is 9.59 Å². The first-order valence-corrected chi connectivity index (χ1v) is 7.85. The first kappa shape index (κ1) is 14.7. The minimum absolute atomic E-state index is 0.108. The maximum absolute atomic E-state index is 12.4. The van der Waals surface area contributed by atoms with Crippen molar-refractivity contribution < 1.29 is 9.59 Å². The molecule has 1 aromatic rings. The van der Waals surface area contributed by atoms with E-state index in [1.54, 1.807) is 15.9 Å². The molecule has 22 heavy (non-hydrogen) atoms. The third-order valence-electron chi connectivity index (χ3n) is 4.30. The number of piperazine rings is 1. The van der Waals surface area contributed by atoms with E-state index in [1.807, 2.05) is 6.07 Å². The van der Waals surface area contributed by atoms with Crippen molar-refractivity contribution in [3.05, 3.63) is 17.8 Å². The Labute approximate surface area is 129 Å². The van der Waals surface area contributed by atoms with Crippen LogP contribution in [-0.4, -0.2) is 71.6 Å². The quantitative estimate of drug-likeness (QED) is 0.755. The Bertz CT molecular complexity index is 519. The minimum Gasteiger partial charge on any atom is -0.355 e. The number of hydrogen-bond acceptors (Lipinski definition) is 5. The van der Waals surface area contributed by atoms with Gasteiger partial charge in [-0.15, -0.1) is 10.2 Å². The van der Waals surface area contributed by atoms with Crippen molar-refractivity contribution in [2.24, 2.45) is 0 Å². The van der Waals surface area contributed by atoms with Gasteiger partial charge in [0.05, 0.1) is 0 Å². The number of anilines is 1. The van der Waals surface area contributed by atoms with Gasteiger partial charge in [-0.25, -0.2) is 0 Å². The highest BCUT2D eigenvalue weighted by Gasteiger charge is 2.23. The molecule has 2 aliphatic heterocycles. The maximum Gasteiger partial charge on any atom is 0.274 e. The average molecular weight is 303 g/mol. The zero-order valence-corrected chi connectivity index (χ0v) is 12.6. The van der Waals surface area contributed by atoms with E-state index in [0.29, 0.717) is 31.9 Å². The van der Waals surface area contributed by atoms with Gasteiger partial charge in [-0.3, -0.25) is 9.59 Å². The summed E-state index contributed by atoms with van der Waals surface area (Å²) in [4.78, 5) is 28.7. The standard InChI is InChI=1S/C15H21N5O2/c21-12-18-8-10-20(11-9-18)15(22)13-4-5-14(17-16-13)19-6-2-1-3-7-19/h4-5,12H,1-3,6-11H2. The summed E-state index contributed by atoms with van der Waals surface area (Å²) in [5, 5.41) is 8.31. The van der Waals surface area contributed by atoms with Crippen LogP contribution >= 0.6 is 0 Å². The van der Waals surface area contributed by atoms with Crippen molar-refractivity contribution in [1.29, 1.82) is 0 Å². The van der Waals surface area contributed by atoms with Crippen LogP contribution in [0.2, 0.25) is 0 Å². The van der Waals surface area contributed by atoms with Crippen LogP contribution in [0.3, 0.4) is 0 Å². The van der Waals surface area contributed by atoms with Crippen LogP contribution in [0.5, 0.6) is 0 Å². The molecule has 0 aromatic carbocycles. The van der Waals surface area contributed by atoms with Gasteiger partial charge in [0.2, 0.25) is 6.41 Å². The first-order valence-electron chi connectivity index (χ1n) is 7.85. The minimum atomic E-state index is -0.108. The van der Waals surface area contributed by atoms with Gasteiger partial charge < -0.3 is 14.7 Å². The summed E-state index contributed by atoms with van der Waals surface area (Å²) >= 11 is 0. The van der Waals surface area contributed by atoms with Gasteiger partial charge in [0, 0.05) is 39.3 Å². The Morgan fingerprint density at radius 1 is 0.955 bits per heavy atom. The van der Waals surface area contributed by atoms with Crippen LogP contribution in [0.25, 0.3) is 0 Å². The molecular weight excluding hydrogens is 282 g/mol. The van der Waals surface area contributed by atoms with Crippen molar-refractivity contribution in [3.63, 3.8) is 0 Å². The maximum atomic E-state index is 12.4. The molecule has 3 rings (SSSR count). The van der Waals surface area contributed by atoms with E-state index in [0.717, 1.165) is 25.3 Å². The molecule has 118 valence electrons. The molecule has 2 aliphatic rings. The molecule has 3 heterocycles. The lowest BCUT2D eigenvalue weighted by molar-refractivity contribution is -0.119. The fourth-order valence-corrected chi connectivity index (χ4v) is 2.92. The summed E-state index contributed by atoms with van der Waals surface area (Å²) < 4.78 is 0. The number of carbonyl (C=O) groups is 2. The van der Waals surface area contributed by atoms with Crippen LogP contribution in [0.1, 0.15) is 29.8 Å². The molecule has 2 saturated heterocycles. The number of hydrogen-bond donors (Lipinski definition) is 0. The Morgan fingerprint density at radius 2 is 1.68 bits per heavy atom. The molecule has 7 heteroatoms. The van der Waals surface area contributed by atoms with Gasteiger partial charge in [-0.1, -0.05) is 0 Å². The number of amides is 2. The second-order valence-corrected chi connectivity index (χ2v) is 5.76. The van der Waals surface area contributed by atoms with Crippen molar-refractivity contribution in [3.8, 4) is 0 Å². The first-order chi connectivity index (χ1) is 10.8. The molecule has 7 nitrogen and oxygen atoms in total. The molecule has 2 amide bonds. The smallest absolute Gasteiger partial charge is 0.274 e. The number of aromatic nitrogens is 2. The predicted octanol–water partition coefficient (Wildman–Crippen LogP) is 0.381. The molecule has 0 N–H and O–H groups in total. The summed E-state index contributed by atoms with van der Waals surface area (Å²) in [7, 11) is 0. The summed E-state index contributed by atoms with van der Waals surface area (Å²) in [5.74, 6) is 0.741. The van der Waals surface area contributed by atoms with Gasteiger partial charge >= 0.3 is 0 Å². The Kier molecular flexibility index (Phi) is 4.50. The Hall–Kier alpha value is -2.18. The second kappa shape index (κ2) is 6.72. The number of piperidine rings is 1. The van der Waals surface area contributed by atoms with Gasteiger partial charge in [0.25, 0.3) is 5.91 Å². The summed E-state index contributed by atoms with van der Waals surface area (Å²) in [5.41, 5.74) is 0.375. The normalized spacial score (nSPS) is 19.2. The van der Waals surface area contributed by atoms with Crippen molar-refractivity contribution >= 4 is 18.1 Å². The second-order valence-electron chi connectivity index (χ2n) is 5.76. The monoisotopic (exact) mass is 303 g/mol. The SMILES string of the molecule is O=CN1CCN(C(=O)c2ccc(N3CCCCC3)nn2)CC1. The van der Waals surface area contributed by atoms with E-state index < -0.39 is 0 Å². The molecule has 0 unspecified atom stereocenters. The van der Waals surface area contributed by atoms with Crippen LogP contribution < -0.4 is 4.90 Å². The van der Waals surface area contributed by atoms with E-state index >= 15 is 0 Å². The van der Waals surface area contributed by atoms with Gasteiger partial charge in [-0.2, -0.15) is 0 Å². The zero-order chi connectivity index (χ0) is 15.4. The van der Waals surface area contributed by atoms with E-state index in [1.165, 1.54) is 19.3 Å². The van der Waals surface area contributed by atoms with E-state index in [-0.39, 0.29) is 5.91 Å². The van der Waals surface area contributed by atoms with Gasteiger partial charge in [0.1, 0.15) is 0 Å². The van der Waals surface area contributed by atoms with Gasteiger partial charge in [0.15, 0.2) is 11.5 Å².